The maximum Gasteiger partial charge on any atom is 0.246 e. The Labute approximate surface area is 252 Å². The topological polar surface area (TPSA) is 91.0 Å². The lowest BCUT2D eigenvalue weighted by atomic mass is 9.74. The van der Waals surface area contributed by atoms with Gasteiger partial charge in [0.2, 0.25) is 17.7 Å². The van der Waals surface area contributed by atoms with E-state index in [0.29, 0.717) is 23.8 Å². The number of rotatable bonds is 9. The molecule has 0 aromatic heterocycles. The molecule has 2 aromatic rings. The van der Waals surface area contributed by atoms with Crippen molar-refractivity contribution < 1.29 is 19.1 Å². The molecule has 3 amide bonds. The van der Waals surface area contributed by atoms with E-state index in [1.807, 2.05) is 50.4 Å². The van der Waals surface area contributed by atoms with E-state index >= 15 is 0 Å². The summed E-state index contributed by atoms with van der Waals surface area (Å²) in [6.07, 6.45) is 8.36. The van der Waals surface area contributed by atoms with Gasteiger partial charge in [0.15, 0.2) is 0 Å². The molecule has 3 unspecified atom stereocenters. The molecule has 4 aliphatic rings. The van der Waals surface area contributed by atoms with Gasteiger partial charge in [-0.25, -0.2) is 0 Å². The van der Waals surface area contributed by atoms with E-state index in [0.717, 1.165) is 37.8 Å². The molecule has 2 saturated heterocycles. The smallest absolute Gasteiger partial charge is 0.246 e. The molecule has 9 heteroatoms. The van der Waals surface area contributed by atoms with Crippen molar-refractivity contribution in [1.29, 1.82) is 0 Å². The first kappa shape index (κ1) is 28.9. The fourth-order valence-corrected chi connectivity index (χ4v) is 7.36. The highest BCUT2D eigenvalue weighted by Gasteiger charge is 2.72. The Morgan fingerprint density at radius 2 is 1.86 bits per heavy atom. The van der Waals surface area contributed by atoms with Crippen LogP contribution in [0.1, 0.15) is 43.2 Å². The van der Waals surface area contributed by atoms with Crippen molar-refractivity contribution in [3.05, 3.63) is 76.8 Å². The second-order valence-electron chi connectivity index (χ2n) is 12.3. The monoisotopic (exact) mass is 590 g/mol. The van der Waals surface area contributed by atoms with Crippen LogP contribution in [0.5, 0.6) is 0 Å². The SMILES string of the molecule is Cc1ccc(NC(=O)C2[C@@H]3C=CC4(O3)C(C(=O)NC3CCCCC3)N(CCN(C)Cc3ccccc3)C(=O)[C@H]24)cc1Cl. The van der Waals surface area contributed by atoms with Gasteiger partial charge in [-0.05, 0) is 50.1 Å². The number of ether oxygens (including phenoxy) is 1. The van der Waals surface area contributed by atoms with Crippen molar-refractivity contribution in [3.8, 4) is 0 Å². The minimum absolute atomic E-state index is 0.0902. The summed E-state index contributed by atoms with van der Waals surface area (Å²) in [5.74, 6) is -2.24. The molecule has 3 aliphatic heterocycles. The second-order valence-corrected chi connectivity index (χ2v) is 12.7. The zero-order valence-electron chi connectivity index (χ0n) is 24.2. The Hall–Kier alpha value is -3.20. The van der Waals surface area contributed by atoms with E-state index < -0.39 is 29.6 Å². The normalized spacial score (nSPS) is 28.4. The molecule has 0 radical (unpaired) electrons. The number of hydrogen-bond donors (Lipinski definition) is 2. The van der Waals surface area contributed by atoms with Gasteiger partial charge in [-0.3, -0.25) is 14.4 Å². The number of amides is 3. The van der Waals surface area contributed by atoms with E-state index in [4.69, 9.17) is 16.3 Å². The molecule has 2 N–H and O–H groups in total. The highest BCUT2D eigenvalue weighted by molar-refractivity contribution is 6.31. The molecular weight excluding hydrogens is 552 g/mol. The third kappa shape index (κ3) is 5.36. The van der Waals surface area contributed by atoms with Crippen molar-refractivity contribution in [2.75, 3.05) is 25.5 Å². The van der Waals surface area contributed by atoms with Crippen LogP contribution >= 0.6 is 11.6 Å². The van der Waals surface area contributed by atoms with Crippen LogP contribution in [0.25, 0.3) is 0 Å². The van der Waals surface area contributed by atoms with Gasteiger partial charge in [0.1, 0.15) is 11.6 Å². The number of nitrogens with zero attached hydrogens (tertiary/aromatic N) is 2. The Kier molecular flexibility index (Phi) is 8.13. The quantitative estimate of drug-likeness (QED) is 0.425. The number of carbonyl (C=O) groups is 3. The predicted molar refractivity (Wildman–Crippen MR) is 162 cm³/mol. The molecule has 3 heterocycles. The Balaban J connectivity index is 1.25. The molecule has 42 heavy (non-hydrogen) atoms. The van der Waals surface area contributed by atoms with Crippen LogP contribution in [0.3, 0.4) is 0 Å². The van der Waals surface area contributed by atoms with Gasteiger partial charge in [-0.1, -0.05) is 79.4 Å². The number of anilines is 1. The number of hydrogen-bond acceptors (Lipinski definition) is 5. The molecule has 1 saturated carbocycles. The number of benzene rings is 2. The molecule has 1 aliphatic carbocycles. The van der Waals surface area contributed by atoms with E-state index in [2.05, 4.69) is 27.7 Å². The van der Waals surface area contributed by atoms with Gasteiger partial charge in [-0.15, -0.1) is 0 Å². The van der Waals surface area contributed by atoms with Crippen LogP contribution in [0.4, 0.5) is 5.69 Å². The van der Waals surface area contributed by atoms with Crippen molar-refractivity contribution in [1.82, 2.24) is 15.1 Å². The zero-order valence-corrected chi connectivity index (χ0v) is 25.0. The third-order valence-corrected chi connectivity index (χ3v) is 9.74. The summed E-state index contributed by atoms with van der Waals surface area (Å²) in [6, 6.07) is 14.8. The van der Waals surface area contributed by atoms with Crippen LogP contribution in [0.2, 0.25) is 5.02 Å². The van der Waals surface area contributed by atoms with Crippen LogP contribution in [0, 0.1) is 18.8 Å². The minimum Gasteiger partial charge on any atom is -0.359 e. The van der Waals surface area contributed by atoms with Gasteiger partial charge in [0, 0.05) is 36.4 Å². The van der Waals surface area contributed by atoms with Crippen LogP contribution in [0.15, 0.2) is 60.7 Å². The minimum atomic E-state index is -1.18. The lowest BCUT2D eigenvalue weighted by Crippen LogP contribution is -2.57. The van der Waals surface area contributed by atoms with Gasteiger partial charge in [0.25, 0.3) is 0 Å². The molecule has 222 valence electrons. The molecule has 2 bridgehead atoms. The molecule has 2 aromatic carbocycles. The Morgan fingerprint density at radius 3 is 2.60 bits per heavy atom. The van der Waals surface area contributed by atoms with Gasteiger partial charge in [-0.2, -0.15) is 0 Å². The fraction of sp³-hybridized carbons (Fsp3) is 0.485. The zero-order chi connectivity index (χ0) is 29.4. The van der Waals surface area contributed by atoms with E-state index in [9.17, 15) is 14.4 Å². The summed E-state index contributed by atoms with van der Waals surface area (Å²) in [7, 11) is 2.01. The summed E-state index contributed by atoms with van der Waals surface area (Å²) < 4.78 is 6.49. The lowest BCUT2D eigenvalue weighted by molar-refractivity contribution is -0.141. The number of halogens is 1. The van der Waals surface area contributed by atoms with E-state index in [1.54, 1.807) is 17.0 Å². The summed E-state index contributed by atoms with van der Waals surface area (Å²) >= 11 is 6.30. The van der Waals surface area contributed by atoms with Crippen molar-refractivity contribution in [2.24, 2.45) is 11.8 Å². The van der Waals surface area contributed by atoms with Crippen molar-refractivity contribution in [2.45, 2.75) is 69.4 Å². The molecule has 3 fully saturated rings. The van der Waals surface area contributed by atoms with Gasteiger partial charge >= 0.3 is 0 Å². The maximum atomic E-state index is 14.2. The number of fused-ring (bicyclic) bond motifs is 1. The summed E-state index contributed by atoms with van der Waals surface area (Å²) in [5.41, 5.74) is 1.47. The highest BCUT2D eigenvalue weighted by Crippen LogP contribution is 2.55. The first-order valence-corrected chi connectivity index (χ1v) is 15.4. The van der Waals surface area contributed by atoms with Gasteiger partial charge in [0.05, 0.1) is 17.9 Å². The maximum absolute atomic E-state index is 14.2. The second kappa shape index (κ2) is 11.8. The van der Waals surface area contributed by atoms with Crippen LogP contribution in [-0.2, 0) is 25.7 Å². The molecular formula is C33H39ClN4O4. The third-order valence-electron chi connectivity index (χ3n) is 9.33. The molecule has 1 spiro atoms. The lowest BCUT2D eigenvalue weighted by Gasteiger charge is -2.34. The van der Waals surface area contributed by atoms with Crippen molar-refractivity contribution in [3.63, 3.8) is 0 Å². The standard InChI is InChI=1S/C33H39ClN4O4/c1-21-13-14-24(19-25(21)34)36-30(39)27-26-15-16-33(42-26)28(27)32(41)38(18-17-37(2)20-22-9-5-3-6-10-22)29(33)31(40)35-23-11-7-4-8-12-23/h3,5-6,9-10,13-16,19,23,26-29H,4,7-8,11-12,17-18,20H2,1-2H3,(H,35,40)(H,36,39)/t26-,27?,28-,29?,33?/m0/s1. The number of aryl methyl sites for hydroxylation is 1. The Bertz CT molecular complexity index is 1380. The predicted octanol–water partition coefficient (Wildman–Crippen LogP) is 4.32. The van der Waals surface area contributed by atoms with Crippen LogP contribution in [-0.4, -0.2) is 71.4 Å². The largest absolute Gasteiger partial charge is 0.359 e. The number of likely N-dealkylation sites (tertiary alicyclic amines) is 1. The molecule has 6 rings (SSSR count). The Morgan fingerprint density at radius 1 is 1.10 bits per heavy atom. The fourth-order valence-electron chi connectivity index (χ4n) is 7.18. The number of nitrogens with one attached hydrogen (secondary N) is 2. The molecule has 5 atom stereocenters. The molecule has 8 nitrogen and oxygen atoms in total. The van der Waals surface area contributed by atoms with Gasteiger partial charge < -0.3 is 25.2 Å². The summed E-state index contributed by atoms with van der Waals surface area (Å²) in [4.78, 5) is 45.8. The average Bonchev–Trinajstić information content (AvgIpc) is 3.62. The average molecular weight is 591 g/mol. The van der Waals surface area contributed by atoms with Crippen LogP contribution < -0.4 is 10.6 Å². The number of carbonyl (C=O) groups excluding carboxylic acids is 3. The highest BCUT2D eigenvalue weighted by atomic mass is 35.5. The number of likely N-dealkylation sites (N-methyl/N-ethyl adjacent to an activating group) is 1. The summed E-state index contributed by atoms with van der Waals surface area (Å²) in [5, 5.41) is 6.75. The van der Waals surface area contributed by atoms with Crippen molar-refractivity contribution >= 4 is 35.0 Å². The first-order chi connectivity index (χ1) is 20.3. The van der Waals surface area contributed by atoms with E-state index in [-0.39, 0.29) is 23.8 Å². The van der Waals surface area contributed by atoms with E-state index in [1.165, 1.54) is 12.0 Å². The summed E-state index contributed by atoms with van der Waals surface area (Å²) in [6.45, 7) is 3.54. The first-order valence-electron chi connectivity index (χ1n) is 15.0.